The Morgan fingerprint density at radius 2 is 2.00 bits per heavy atom. The van der Waals surface area contributed by atoms with E-state index in [-0.39, 0.29) is 11.5 Å². The second kappa shape index (κ2) is 8.47. The van der Waals surface area contributed by atoms with Crippen LogP contribution >= 0.6 is 0 Å². The Balaban J connectivity index is 4.50. The Bertz CT molecular complexity index is 406. The van der Waals surface area contributed by atoms with Gasteiger partial charge < -0.3 is 10.2 Å². The third-order valence-corrected chi connectivity index (χ3v) is 1.94. The summed E-state index contributed by atoms with van der Waals surface area (Å²) in [7, 11) is 0. The smallest absolute Gasteiger partial charge is 0.143 e. The highest BCUT2D eigenvalue weighted by atomic mass is 16.3. The topological polar surface area (TPSA) is 40.5 Å². The molecule has 0 heterocycles. The van der Waals surface area contributed by atoms with E-state index in [1.165, 1.54) is 0 Å². The second-order valence-corrected chi connectivity index (χ2v) is 3.20. The van der Waals surface area contributed by atoms with Gasteiger partial charge in [0.05, 0.1) is 0 Å². The lowest BCUT2D eigenvalue weighted by Gasteiger charge is -1.96. The third kappa shape index (κ3) is 6.59. The first kappa shape index (κ1) is 14.2. The highest BCUT2D eigenvalue weighted by molar-refractivity contribution is 5.22. The van der Waals surface area contributed by atoms with Gasteiger partial charge in [0.25, 0.3) is 0 Å². The monoisotopic (exact) mass is 218 g/mol. The zero-order valence-corrected chi connectivity index (χ0v) is 10.0. The van der Waals surface area contributed by atoms with Crippen LogP contribution in [0.1, 0.15) is 33.6 Å². The molecule has 2 nitrogen and oxygen atoms in total. The van der Waals surface area contributed by atoms with Crippen LogP contribution in [-0.4, -0.2) is 10.2 Å². The van der Waals surface area contributed by atoms with Gasteiger partial charge in [-0.1, -0.05) is 18.7 Å². The Kier molecular flexibility index (Phi) is 7.49. The Morgan fingerprint density at radius 1 is 1.31 bits per heavy atom. The molecular formula is C14H18O2. The van der Waals surface area contributed by atoms with Gasteiger partial charge in [-0.2, -0.15) is 0 Å². The molecule has 0 aliphatic heterocycles. The first-order valence-electron chi connectivity index (χ1n) is 5.27. The van der Waals surface area contributed by atoms with Crippen LogP contribution in [0.25, 0.3) is 0 Å². The van der Waals surface area contributed by atoms with E-state index in [1.807, 2.05) is 19.9 Å². The summed E-state index contributed by atoms with van der Waals surface area (Å²) in [5.74, 6) is 0.454. The number of aliphatic hydroxyl groups excluding tert-OH is 2. The van der Waals surface area contributed by atoms with E-state index in [1.54, 1.807) is 19.1 Å². The lowest BCUT2D eigenvalue weighted by molar-refractivity contribution is 0.396. The largest absolute Gasteiger partial charge is 0.508 e. The zero-order valence-electron chi connectivity index (χ0n) is 10.0. The van der Waals surface area contributed by atoms with E-state index in [9.17, 15) is 5.11 Å². The van der Waals surface area contributed by atoms with Gasteiger partial charge in [-0.05, 0) is 49.5 Å². The Hall–Kier alpha value is -1.84. The molecule has 0 bridgehead atoms. The third-order valence-electron chi connectivity index (χ3n) is 1.94. The fraction of sp³-hybridized carbons (Fsp3) is 0.357. The molecule has 0 rings (SSSR count). The quantitative estimate of drug-likeness (QED) is 0.423. The van der Waals surface area contributed by atoms with E-state index < -0.39 is 0 Å². The van der Waals surface area contributed by atoms with Crippen molar-refractivity contribution < 1.29 is 10.2 Å². The number of hydrogen-bond donors (Lipinski definition) is 2. The highest BCUT2D eigenvalue weighted by Gasteiger charge is 1.91. The summed E-state index contributed by atoms with van der Waals surface area (Å²) in [6.45, 7) is 5.45. The fourth-order valence-electron chi connectivity index (χ4n) is 0.875. The van der Waals surface area contributed by atoms with E-state index in [0.29, 0.717) is 12.8 Å². The minimum atomic E-state index is 0.166. The molecule has 0 aromatic heterocycles. The van der Waals surface area contributed by atoms with Crippen molar-refractivity contribution in [2.45, 2.75) is 33.6 Å². The molecule has 0 fully saturated rings. The van der Waals surface area contributed by atoms with E-state index in [0.717, 1.165) is 5.57 Å². The predicted octanol–water partition coefficient (Wildman–Crippen LogP) is 4.10. The van der Waals surface area contributed by atoms with Crippen molar-refractivity contribution in [1.29, 1.82) is 0 Å². The molecule has 0 atom stereocenters. The molecule has 0 aromatic carbocycles. The molecule has 2 N–H and O–H groups in total. The summed E-state index contributed by atoms with van der Waals surface area (Å²) in [5, 5.41) is 18.4. The Morgan fingerprint density at radius 3 is 2.56 bits per heavy atom. The molecule has 0 spiro atoms. The van der Waals surface area contributed by atoms with Crippen LogP contribution in [0.15, 0.2) is 52.5 Å². The van der Waals surface area contributed by atoms with Gasteiger partial charge >= 0.3 is 0 Å². The SMILES string of the molecule is C/C=C(O)\C(C)=C/CC=C=C=C=C(O)CC. The number of rotatable bonds is 4. The first-order valence-corrected chi connectivity index (χ1v) is 5.27. The molecular weight excluding hydrogens is 200 g/mol. The second-order valence-electron chi connectivity index (χ2n) is 3.20. The van der Waals surface area contributed by atoms with Gasteiger partial charge in [0, 0.05) is 6.42 Å². The minimum Gasteiger partial charge on any atom is -0.508 e. The van der Waals surface area contributed by atoms with Gasteiger partial charge in [0.2, 0.25) is 0 Å². The molecule has 0 aliphatic rings. The number of hydrogen-bond acceptors (Lipinski definition) is 2. The minimum absolute atomic E-state index is 0.166. The molecule has 0 radical (unpaired) electrons. The fourth-order valence-corrected chi connectivity index (χ4v) is 0.875. The van der Waals surface area contributed by atoms with Crippen LogP contribution in [0.2, 0.25) is 0 Å². The molecule has 0 unspecified atom stereocenters. The maximum absolute atomic E-state index is 9.33. The molecule has 0 aliphatic carbocycles. The van der Waals surface area contributed by atoms with Gasteiger partial charge in [0.1, 0.15) is 11.5 Å². The van der Waals surface area contributed by atoms with Gasteiger partial charge in [-0.25, -0.2) is 0 Å². The van der Waals surface area contributed by atoms with Crippen LogP contribution < -0.4 is 0 Å². The summed E-state index contributed by atoms with van der Waals surface area (Å²) < 4.78 is 0. The molecule has 86 valence electrons. The van der Waals surface area contributed by atoms with Crippen molar-refractivity contribution in [2.24, 2.45) is 0 Å². The highest BCUT2D eigenvalue weighted by Crippen LogP contribution is 2.05. The normalized spacial score (nSPS) is 11.2. The Labute approximate surface area is 96.9 Å². The summed E-state index contributed by atoms with van der Waals surface area (Å²) in [4.78, 5) is 0. The average Bonchev–Trinajstić information content (AvgIpc) is 2.31. The predicted molar refractivity (Wildman–Crippen MR) is 66.3 cm³/mol. The van der Waals surface area contributed by atoms with Gasteiger partial charge in [-0.3, -0.25) is 0 Å². The molecule has 0 saturated carbocycles. The molecule has 2 heteroatoms. The first-order chi connectivity index (χ1) is 7.61. The zero-order chi connectivity index (χ0) is 12.4. The summed E-state index contributed by atoms with van der Waals surface area (Å²) >= 11 is 0. The average molecular weight is 218 g/mol. The van der Waals surface area contributed by atoms with Crippen molar-refractivity contribution in [3.63, 3.8) is 0 Å². The maximum atomic E-state index is 9.33. The summed E-state index contributed by atoms with van der Waals surface area (Å²) in [6.07, 6.45) is 6.48. The lowest BCUT2D eigenvalue weighted by Crippen LogP contribution is -1.81. The van der Waals surface area contributed by atoms with Gasteiger partial charge in [0.15, 0.2) is 0 Å². The van der Waals surface area contributed by atoms with Crippen LogP contribution in [0.3, 0.4) is 0 Å². The number of aliphatic hydroxyl groups is 2. The van der Waals surface area contributed by atoms with E-state index in [4.69, 9.17) is 5.11 Å². The standard InChI is InChI=1S/C14H18O2/c1-4-13(15)11-9-7-6-8-10-12(3)14(16)5-2/h5-6,10,15-16H,4,8H2,1-3H3/b12-10-,14-5+. The number of allylic oxidation sites excluding steroid dienone is 5. The van der Waals surface area contributed by atoms with Crippen molar-refractivity contribution in [3.05, 3.63) is 52.5 Å². The lowest BCUT2D eigenvalue weighted by atomic mass is 10.2. The van der Waals surface area contributed by atoms with Crippen LogP contribution in [-0.2, 0) is 0 Å². The van der Waals surface area contributed by atoms with E-state index in [2.05, 4.69) is 17.2 Å². The van der Waals surface area contributed by atoms with Crippen molar-refractivity contribution in [1.82, 2.24) is 0 Å². The summed E-state index contributed by atoms with van der Waals surface area (Å²) in [6, 6.07) is 0. The van der Waals surface area contributed by atoms with Crippen LogP contribution in [0.5, 0.6) is 0 Å². The summed E-state index contributed by atoms with van der Waals surface area (Å²) in [5.41, 5.74) is 8.74. The maximum Gasteiger partial charge on any atom is 0.143 e. The molecule has 0 aromatic rings. The van der Waals surface area contributed by atoms with Crippen molar-refractivity contribution in [3.8, 4) is 0 Å². The van der Waals surface area contributed by atoms with Crippen molar-refractivity contribution >= 4 is 0 Å². The van der Waals surface area contributed by atoms with Crippen LogP contribution in [0.4, 0.5) is 0 Å². The van der Waals surface area contributed by atoms with Crippen molar-refractivity contribution in [2.75, 3.05) is 0 Å². The molecule has 0 amide bonds. The van der Waals surface area contributed by atoms with Gasteiger partial charge in [-0.15, -0.1) is 0 Å². The van der Waals surface area contributed by atoms with E-state index >= 15 is 0 Å². The molecule has 0 saturated heterocycles. The molecule has 16 heavy (non-hydrogen) atoms. The van der Waals surface area contributed by atoms with Crippen LogP contribution in [0, 0.1) is 0 Å².